The highest BCUT2D eigenvalue weighted by atomic mass is 32.2. The SMILES string of the molecule is NN.NNC(S)S. The van der Waals surface area contributed by atoms with Crippen molar-refractivity contribution in [1.82, 2.24) is 5.43 Å². The molecule has 0 bridgehead atoms. The van der Waals surface area contributed by atoms with E-state index < -0.39 is 0 Å². The number of hydrazine groups is 2. The Morgan fingerprint density at radius 3 is 1.43 bits per heavy atom. The van der Waals surface area contributed by atoms with Gasteiger partial charge in [-0.2, -0.15) is 0 Å². The highest BCUT2D eigenvalue weighted by Gasteiger charge is 1.79. The second-order valence-electron chi connectivity index (χ2n) is 0.540. The molecule has 0 radical (unpaired) electrons. The van der Waals surface area contributed by atoms with Crippen LogP contribution in [0.4, 0.5) is 0 Å². The number of nitrogens with two attached hydrogens (primary N) is 3. The molecular formula is CH10N4S2. The molecule has 6 heteroatoms. The number of thiol groups is 2. The van der Waals surface area contributed by atoms with Crippen LogP contribution in [-0.4, -0.2) is 4.71 Å². The van der Waals surface area contributed by atoms with E-state index in [9.17, 15) is 0 Å². The van der Waals surface area contributed by atoms with Crippen molar-refractivity contribution in [2.75, 3.05) is 0 Å². The van der Waals surface area contributed by atoms with E-state index in [1.54, 1.807) is 0 Å². The van der Waals surface area contributed by atoms with Gasteiger partial charge < -0.3 is 0 Å². The summed E-state index contributed by atoms with van der Waals surface area (Å²) in [5, 5.41) is 0. The lowest BCUT2D eigenvalue weighted by atomic mass is 11.5. The van der Waals surface area contributed by atoms with Crippen LogP contribution in [0.5, 0.6) is 0 Å². The normalized spacial score (nSPS) is 7.71. The van der Waals surface area contributed by atoms with Gasteiger partial charge in [0.1, 0.15) is 4.71 Å². The molecule has 7 heavy (non-hydrogen) atoms. The van der Waals surface area contributed by atoms with Crippen LogP contribution in [0.25, 0.3) is 0 Å². The van der Waals surface area contributed by atoms with Crippen LogP contribution in [0.3, 0.4) is 0 Å². The van der Waals surface area contributed by atoms with E-state index in [2.05, 4.69) is 42.4 Å². The summed E-state index contributed by atoms with van der Waals surface area (Å²) in [6.07, 6.45) is 0. The number of hydrogen-bond acceptors (Lipinski definition) is 6. The Hall–Kier alpha value is 0.540. The van der Waals surface area contributed by atoms with E-state index in [0.29, 0.717) is 0 Å². The molecule has 0 saturated carbocycles. The standard InChI is InChI=1S/CH6N2S2.H4N2/c2-3-1(4)5;1-2/h1,3-5H,2H2;1-2H2. The predicted molar refractivity (Wildman–Crippen MR) is 37.5 cm³/mol. The molecule has 46 valence electrons. The zero-order valence-electron chi connectivity index (χ0n) is 3.70. The summed E-state index contributed by atoms with van der Waals surface area (Å²) in [4.78, 5) is 0. The first-order valence-electron chi connectivity index (χ1n) is 1.43. The maximum Gasteiger partial charge on any atom is 0.107 e. The first-order chi connectivity index (χ1) is 3.27. The number of hydrogen-bond donors (Lipinski definition) is 6. The highest BCUT2D eigenvalue weighted by molar-refractivity contribution is 7.99. The molecule has 0 unspecified atom stereocenters. The van der Waals surface area contributed by atoms with E-state index in [1.807, 2.05) is 0 Å². The van der Waals surface area contributed by atoms with Gasteiger partial charge in [0, 0.05) is 0 Å². The van der Waals surface area contributed by atoms with Crippen LogP contribution in [0.15, 0.2) is 0 Å². The smallest absolute Gasteiger partial charge is 0.107 e. The molecule has 0 aliphatic carbocycles. The molecule has 0 aliphatic heterocycles. The minimum atomic E-state index is -0.199. The lowest BCUT2D eigenvalue weighted by Gasteiger charge is -1.93. The van der Waals surface area contributed by atoms with Gasteiger partial charge in [-0.05, 0) is 0 Å². The molecular weight excluding hydrogens is 132 g/mol. The monoisotopic (exact) mass is 142 g/mol. The van der Waals surface area contributed by atoms with Gasteiger partial charge in [0.05, 0.1) is 0 Å². The summed E-state index contributed by atoms with van der Waals surface area (Å²) in [6.45, 7) is 0. The average Bonchev–Trinajstić information content (AvgIpc) is 1.73. The fraction of sp³-hybridized carbons (Fsp3) is 1.00. The Balaban J connectivity index is 0. The summed E-state index contributed by atoms with van der Waals surface area (Å²) in [7, 11) is 0. The van der Waals surface area contributed by atoms with Crippen molar-refractivity contribution in [2.45, 2.75) is 4.71 Å². The summed E-state index contributed by atoms with van der Waals surface area (Å²) in [6, 6.07) is 0. The van der Waals surface area contributed by atoms with Crippen molar-refractivity contribution < 1.29 is 0 Å². The molecule has 0 spiro atoms. The van der Waals surface area contributed by atoms with Crippen LogP contribution in [0, 0.1) is 0 Å². The third kappa shape index (κ3) is 20.9. The van der Waals surface area contributed by atoms with Crippen molar-refractivity contribution in [3.63, 3.8) is 0 Å². The van der Waals surface area contributed by atoms with Gasteiger partial charge in [0.15, 0.2) is 0 Å². The molecule has 0 amide bonds. The average molecular weight is 142 g/mol. The van der Waals surface area contributed by atoms with Crippen molar-refractivity contribution in [2.24, 2.45) is 17.5 Å². The Bertz CT molecular complexity index is 23.7. The highest BCUT2D eigenvalue weighted by Crippen LogP contribution is 1.88. The maximum absolute atomic E-state index is 4.77. The van der Waals surface area contributed by atoms with Gasteiger partial charge >= 0.3 is 0 Å². The predicted octanol–water partition coefficient (Wildman–Crippen LogP) is -1.59. The molecule has 0 rings (SSSR count). The summed E-state index contributed by atoms with van der Waals surface area (Å²) < 4.78 is -0.199. The summed E-state index contributed by atoms with van der Waals surface area (Å²) >= 11 is 7.45. The second-order valence-corrected chi connectivity index (χ2v) is 1.98. The third-order valence-corrected chi connectivity index (χ3v) is 0.447. The van der Waals surface area contributed by atoms with Crippen LogP contribution in [0.1, 0.15) is 0 Å². The van der Waals surface area contributed by atoms with Crippen LogP contribution in [-0.2, 0) is 0 Å². The van der Waals surface area contributed by atoms with Gasteiger partial charge in [0.25, 0.3) is 0 Å². The minimum Gasteiger partial charge on any atom is -0.274 e. The summed E-state index contributed by atoms with van der Waals surface area (Å²) in [5.74, 6) is 12.8. The quantitative estimate of drug-likeness (QED) is 0.115. The molecule has 0 aromatic carbocycles. The Morgan fingerprint density at radius 2 is 1.43 bits per heavy atom. The van der Waals surface area contributed by atoms with E-state index in [4.69, 9.17) is 5.84 Å². The molecule has 0 aromatic heterocycles. The zero-order valence-corrected chi connectivity index (χ0v) is 5.49. The molecule has 0 aromatic rings. The van der Waals surface area contributed by atoms with Crippen LogP contribution in [0.2, 0.25) is 0 Å². The zero-order chi connectivity index (χ0) is 6.28. The molecule has 7 N–H and O–H groups in total. The molecule has 0 atom stereocenters. The fourth-order valence-corrected chi connectivity index (χ4v) is 0. The number of rotatable bonds is 1. The number of nitrogens with one attached hydrogen (secondary N) is 1. The Labute approximate surface area is 53.6 Å². The van der Waals surface area contributed by atoms with E-state index >= 15 is 0 Å². The van der Waals surface area contributed by atoms with E-state index in [1.165, 1.54) is 0 Å². The Kier molecular flexibility index (Phi) is 14.6. The third-order valence-electron chi connectivity index (χ3n) is 0.149. The van der Waals surface area contributed by atoms with Gasteiger partial charge in [-0.15, -0.1) is 25.3 Å². The van der Waals surface area contributed by atoms with E-state index in [0.717, 1.165) is 0 Å². The maximum atomic E-state index is 4.77. The molecule has 0 heterocycles. The van der Waals surface area contributed by atoms with Crippen LogP contribution >= 0.6 is 25.3 Å². The molecule has 4 nitrogen and oxygen atoms in total. The van der Waals surface area contributed by atoms with E-state index in [-0.39, 0.29) is 4.71 Å². The van der Waals surface area contributed by atoms with Gasteiger partial charge in [-0.25, -0.2) is 5.43 Å². The van der Waals surface area contributed by atoms with Crippen molar-refractivity contribution in [3.05, 3.63) is 0 Å². The van der Waals surface area contributed by atoms with Gasteiger partial charge in [-0.1, -0.05) is 0 Å². The van der Waals surface area contributed by atoms with Crippen LogP contribution < -0.4 is 23.0 Å². The van der Waals surface area contributed by atoms with Crippen molar-refractivity contribution in [1.29, 1.82) is 0 Å². The largest absolute Gasteiger partial charge is 0.274 e. The van der Waals surface area contributed by atoms with Crippen molar-refractivity contribution >= 4 is 25.3 Å². The fourth-order valence-electron chi connectivity index (χ4n) is 0. The second kappa shape index (κ2) is 9.74. The molecule has 0 fully saturated rings. The first kappa shape index (κ1) is 10.5. The van der Waals surface area contributed by atoms with Gasteiger partial charge in [0.2, 0.25) is 0 Å². The molecule has 0 saturated heterocycles. The van der Waals surface area contributed by atoms with Gasteiger partial charge in [-0.3, -0.25) is 17.5 Å². The lowest BCUT2D eigenvalue weighted by Crippen LogP contribution is -2.25. The minimum absolute atomic E-state index is 0.199. The summed E-state index contributed by atoms with van der Waals surface area (Å²) in [5.41, 5.74) is 2.26. The molecule has 0 aliphatic rings. The first-order valence-corrected chi connectivity index (χ1v) is 2.46. The lowest BCUT2D eigenvalue weighted by molar-refractivity contribution is 0.842. The van der Waals surface area contributed by atoms with Crippen molar-refractivity contribution in [3.8, 4) is 0 Å². The topological polar surface area (TPSA) is 90.1 Å². The Morgan fingerprint density at radius 1 is 1.29 bits per heavy atom.